The van der Waals surface area contributed by atoms with Gasteiger partial charge in [-0.3, -0.25) is 8.98 Å². The minimum absolute atomic E-state index is 0.0354. The Morgan fingerprint density at radius 3 is 2.66 bits per heavy atom. The molecule has 0 amide bonds. The predicted octanol–water partition coefficient (Wildman–Crippen LogP) is 5.45. The van der Waals surface area contributed by atoms with Crippen LogP contribution in [0.2, 0.25) is 0 Å². The molecule has 0 radical (unpaired) electrons. The smallest absolute Gasteiger partial charge is 0.217 e. The molecule has 32 heavy (non-hydrogen) atoms. The van der Waals surface area contributed by atoms with E-state index in [0.717, 1.165) is 50.5 Å². The van der Waals surface area contributed by atoms with Gasteiger partial charge in [0, 0.05) is 6.42 Å². The average molecular weight is 466 g/mol. The van der Waals surface area contributed by atoms with Gasteiger partial charge in [0.2, 0.25) is 10.4 Å². The molecule has 2 aliphatic rings. The van der Waals surface area contributed by atoms with Crippen LogP contribution in [0.4, 0.5) is 0 Å². The van der Waals surface area contributed by atoms with Gasteiger partial charge in [-0.05, 0) is 91.2 Å². The molecule has 2 aliphatic carbocycles. The van der Waals surface area contributed by atoms with Gasteiger partial charge in [-0.1, -0.05) is 33.3 Å². The van der Waals surface area contributed by atoms with Crippen molar-refractivity contribution in [3.8, 4) is 0 Å². The number of furan rings is 1. The number of carbonyl (C=O) groups excluding carboxylic acids is 1. The lowest BCUT2D eigenvalue weighted by Crippen LogP contribution is -2.44. The predicted molar refractivity (Wildman–Crippen MR) is 122 cm³/mol. The van der Waals surface area contributed by atoms with Crippen LogP contribution in [0.15, 0.2) is 34.7 Å². The van der Waals surface area contributed by atoms with Crippen LogP contribution < -0.4 is 0 Å². The van der Waals surface area contributed by atoms with Crippen LogP contribution in [0, 0.1) is 28.6 Å². The molecule has 1 fully saturated rings. The molecule has 1 heterocycles. The third-order valence-corrected chi connectivity index (χ3v) is 8.50. The standard InChI is InChI=1S/C25H38O6S/c1-18-8-9-22-23(14-21(26)15-24(22,2)3)25(18,4)12-10-19(17-31-32(27,28)29)6-5-7-20-11-13-30-16-20/h11,13-14,16,18-19,22H,5-10,12,15,17H2,1-4H3,(H,27,28,29)/p-1/t18-,19?,22-,25-/m0/s1. The van der Waals surface area contributed by atoms with Gasteiger partial charge in [-0.25, -0.2) is 8.42 Å². The third-order valence-electron chi connectivity index (χ3n) is 8.08. The highest BCUT2D eigenvalue weighted by atomic mass is 32.3. The number of allylic oxidation sites excluding steroid dienone is 2. The van der Waals surface area contributed by atoms with E-state index in [1.807, 2.05) is 12.1 Å². The highest BCUT2D eigenvalue weighted by Gasteiger charge is 2.49. The molecule has 3 rings (SSSR count). The first kappa shape index (κ1) is 25.2. The van der Waals surface area contributed by atoms with Crippen molar-refractivity contribution in [3.63, 3.8) is 0 Å². The molecule has 0 aromatic carbocycles. The lowest BCUT2D eigenvalue weighted by Gasteiger charge is -2.53. The Hall–Kier alpha value is -1.44. The van der Waals surface area contributed by atoms with Crippen LogP contribution in [0.1, 0.15) is 78.2 Å². The summed E-state index contributed by atoms with van der Waals surface area (Å²) >= 11 is 0. The van der Waals surface area contributed by atoms with E-state index in [4.69, 9.17) is 4.42 Å². The van der Waals surface area contributed by atoms with Gasteiger partial charge in [0.05, 0.1) is 19.1 Å². The molecule has 6 nitrogen and oxygen atoms in total. The summed E-state index contributed by atoms with van der Waals surface area (Å²) < 4.78 is 43.0. The Morgan fingerprint density at radius 2 is 2.00 bits per heavy atom. The van der Waals surface area contributed by atoms with E-state index in [-0.39, 0.29) is 29.1 Å². The largest absolute Gasteiger partial charge is 0.726 e. The first-order valence-electron chi connectivity index (χ1n) is 11.8. The maximum atomic E-state index is 12.5. The van der Waals surface area contributed by atoms with Crippen molar-refractivity contribution in [2.45, 2.75) is 79.1 Å². The van der Waals surface area contributed by atoms with E-state index in [1.165, 1.54) is 5.57 Å². The Kier molecular flexibility index (Phi) is 7.73. The molecule has 0 N–H and O–H groups in total. The number of rotatable bonds is 10. The molecule has 1 unspecified atom stereocenters. The average Bonchev–Trinajstić information content (AvgIpc) is 3.19. The number of hydrogen-bond donors (Lipinski definition) is 0. The molecule has 1 saturated carbocycles. The molecule has 180 valence electrons. The minimum atomic E-state index is -4.72. The maximum Gasteiger partial charge on any atom is 0.217 e. The van der Waals surface area contributed by atoms with Crippen molar-refractivity contribution in [1.29, 1.82) is 0 Å². The number of carbonyl (C=O) groups is 1. The summed E-state index contributed by atoms with van der Waals surface area (Å²) in [6.07, 6.45) is 12.1. The molecule has 7 heteroatoms. The number of fused-ring (bicyclic) bond motifs is 1. The summed E-state index contributed by atoms with van der Waals surface area (Å²) in [7, 11) is -4.72. The van der Waals surface area contributed by atoms with Crippen LogP contribution in [-0.2, 0) is 25.8 Å². The van der Waals surface area contributed by atoms with Crippen LogP contribution in [0.3, 0.4) is 0 Å². The second-order valence-corrected chi connectivity index (χ2v) is 11.9. The Balaban J connectivity index is 1.72. The van der Waals surface area contributed by atoms with Gasteiger partial charge >= 0.3 is 0 Å². The van der Waals surface area contributed by atoms with Gasteiger partial charge in [0.25, 0.3) is 0 Å². The van der Waals surface area contributed by atoms with Gasteiger partial charge < -0.3 is 8.97 Å². The fourth-order valence-corrected chi connectivity index (χ4v) is 6.22. The summed E-state index contributed by atoms with van der Waals surface area (Å²) in [4.78, 5) is 12.5. The van der Waals surface area contributed by atoms with Crippen LogP contribution >= 0.6 is 0 Å². The molecule has 0 saturated heterocycles. The van der Waals surface area contributed by atoms with Crippen molar-refractivity contribution in [1.82, 2.24) is 0 Å². The van der Waals surface area contributed by atoms with Crippen molar-refractivity contribution < 1.29 is 26.4 Å². The second kappa shape index (κ2) is 9.82. The lowest BCUT2D eigenvalue weighted by atomic mass is 9.52. The molecule has 0 aliphatic heterocycles. The fourth-order valence-electron chi connectivity index (χ4n) is 5.86. The Bertz CT molecular complexity index is 914. The first-order valence-corrected chi connectivity index (χ1v) is 13.1. The summed E-state index contributed by atoms with van der Waals surface area (Å²) in [5.41, 5.74) is 2.22. The van der Waals surface area contributed by atoms with Crippen LogP contribution in [0.25, 0.3) is 0 Å². The SMILES string of the molecule is C[C@H]1CC[C@H]2C(=CC(=O)CC2(C)C)[C@@]1(C)CCC(CCCc1ccoc1)COS(=O)(=O)[O-]. The molecule has 1 aromatic heterocycles. The van der Waals surface area contributed by atoms with E-state index < -0.39 is 10.4 Å². The van der Waals surface area contributed by atoms with E-state index in [1.54, 1.807) is 12.5 Å². The summed E-state index contributed by atoms with van der Waals surface area (Å²) in [5.74, 6) is 1.00. The zero-order valence-electron chi connectivity index (χ0n) is 19.8. The molecular weight excluding hydrogens is 428 g/mol. The molecular formula is C25H37O6S-. The quantitative estimate of drug-likeness (QED) is 0.336. The summed E-state index contributed by atoms with van der Waals surface area (Å²) in [6, 6.07) is 1.92. The van der Waals surface area contributed by atoms with Gasteiger partial charge in [-0.15, -0.1) is 0 Å². The van der Waals surface area contributed by atoms with Crippen molar-refractivity contribution in [2.24, 2.45) is 28.6 Å². The monoisotopic (exact) mass is 465 g/mol. The minimum Gasteiger partial charge on any atom is -0.726 e. The highest BCUT2D eigenvalue weighted by Crippen LogP contribution is 2.57. The van der Waals surface area contributed by atoms with E-state index in [0.29, 0.717) is 18.3 Å². The summed E-state index contributed by atoms with van der Waals surface area (Å²) in [6.45, 7) is 8.83. The molecule has 1 aromatic rings. The Labute approximate surface area is 192 Å². The zero-order chi connectivity index (χ0) is 23.6. The Morgan fingerprint density at radius 1 is 1.25 bits per heavy atom. The van der Waals surface area contributed by atoms with Crippen LogP contribution in [0.5, 0.6) is 0 Å². The first-order chi connectivity index (χ1) is 14.9. The lowest BCUT2D eigenvalue weighted by molar-refractivity contribution is -0.118. The van der Waals surface area contributed by atoms with Gasteiger partial charge in [-0.2, -0.15) is 0 Å². The third kappa shape index (κ3) is 6.12. The molecule has 0 spiro atoms. The number of hydrogen-bond acceptors (Lipinski definition) is 6. The van der Waals surface area contributed by atoms with E-state index >= 15 is 0 Å². The van der Waals surface area contributed by atoms with E-state index in [2.05, 4.69) is 31.9 Å². The second-order valence-electron chi connectivity index (χ2n) is 10.8. The highest BCUT2D eigenvalue weighted by molar-refractivity contribution is 7.80. The number of ketones is 1. The normalized spacial score (nSPS) is 28.8. The van der Waals surface area contributed by atoms with E-state index in [9.17, 15) is 17.8 Å². The molecule has 0 bridgehead atoms. The zero-order valence-corrected chi connectivity index (χ0v) is 20.6. The fraction of sp³-hybridized carbons (Fsp3) is 0.720. The van der Waals surface area contributed by atoms with Crippen LogP contribution in [-0.4, -0.2) is 25.4 Å². The molecule has 4 atom stereocenters. The maximum absolute atomic E-state index is 12.5. The van der Waals surface area contributed by atoms with Crippen molar-refractivity contribution in [2.75, 3.05) is 6.61 Å². The van der Waals surface area contributed by atoms with Gasteiger partial charge in [0.1, 0.15) is 0 Å². The van der Waals surface area contributed by atoms with Crippen molar-refractivity contribution in [3.05, 3.63) is 35.8 Å². The van der Waals surface area contributed by atoms with Gasteiger partial charge in [0.15, 0.2) is 5.78 Å². The number of aryl methyl sites for hydroxylation is 1. The topological polar surface area (TPSA) is 96.6 Å². The summed E-state index contributed by atoms with van der Waals surface area (Å²) in [5, 5.41) is 0. The van der Waals surface area contributed by atoms with Crippen molar-refractivity contribution >= 4 is 16.2 Å².